The molecule has 0 heterocycles. The molecule has 0 bridgehead atoms. The third kappa shape index (κ3) is 12.9. The van der Waals surface area contributed by atoms with E-state index in [0.717, 1.165) is 56.4 Å². The second-order valence-electron chi connectivity index (χ2n) is 6.87. The van der Waals surface area contributed by atoms with Crippen molar-refractivity contribution in [1.29, 1.82) is 0 Å². The number of aliphatic imine (C=N–C) groups is 1. The number of carbonyl (C=O) groups excluding carboxylic acids is 1. The minimum Gasteiger partial charge on any atom is -0.382 e. The van der Waals surface area contributed by atoms with Crippen molar-refractivity contribution in [1.82, 2.24) is 10.6 Å². The van der Waals surface area contributed by atoms with Crippen LogP contribution in [0.1, 0.15) is 52.5 Å². The first kappa shape index (κ1) is 26.6. The Bertz CT molecular complexity index is 579. The fourth-order valence-corrected chi connectivity index (χ4v) is 2.52. The number of amides is 1. The van der Waals surface area contributed by atoms with Crippen molar-refractivity contribution in [2.45, 2.75) is 53.5 Å². The van der Waals surface area contributed by atoms with Crippen molar-refractivity contribution >= 4 is 41.5 Å². The van der Waals surface area contributed by atoms with Crippen LogP contribution >= 0.6 is 24.0 Å². The summed E-state index contributed by atoms with van der Waals surface area (Å²) in [6.45, 7) is 12.0. The Labute approximate surface area is 187 Å². The zero-order valence-corrected chi connectivity index (χ0v) is 20.0. The lowest BCUT2D eigenvalue weighted by atomic mass is 10.1. The van der Waals surface area contributed by atoms with Crippen molar-refractivity contribution < 1.29 is 9.53 Å². The third-order valence-corrected chi connectivity index (χ3v) is 3.78. The number of nitrogens with zero attached hydrogens (tertiary/aromatic N) is 1. The lowest BCUT2D eigenvalue weighted by molar-refractivity contribution is -0.116. The van der Waals surface area contributed by atoms with Crippen LogP contribution in [0.5, 0.6) is 0 Å². The number of hydrogen-bond donors (Lipinski definition) is 3. The second kappa shape index (κ2) is 16.6. The van der Waals surface area contributed by atoms with Gasteiger partial charge < -0.3 is 20.7 Å². The highest BCUT2D eigenvalue weighted by atomic mass is 127. The van der Waals surface area contributed by atoms with Crippen molar-refractivity contribution in [3.63, 3.8) is 0 Å². The minimum absolute atomic E-state index is 0. The monoisotopic (exact) mass is 504 g/mol. The first-order valence-electron chi connectivity index (χ1n) is 10.0. The molecule has 0 aromatic heterocycles. The van der Waals surface area contributed by atoms with Crippen LogP contribution in [0.3, 0.4) is 0 Å². The normalized spacial score (nSPS) is 11.1. The van der Waals surface area contributed by atoms with Gasteiger partial charge in [-0.3, -0.25) is 4.79 Å². The Morgan fingerprint density at radius 3 is 2.64 bits per heavy atom. The van der Waals surface area contributed by atoms with E-state index in [9.17, 15) is 4.79 Å². The van der Waals surface area contributed by atoms with E-state index in [1.54, 1.807) is 0 Å². The smallest absolute Gasteiger partial charge is 0.224 e. The van der Waals surface area contributed by atoms with E-state index >= 15 is 0 Å². The van der Waals surface area contributed by atoms with Gasteiger partial charge in [-0.15, -0.1) is 24.0 Å². The van der Waals surface area contributed by atoms with Crippen LogP contribution in [-0.4, -0.2) is 38.2 Å². The van der Waals surface area contributed by atoms with Crippen LogP contribution in [0.15, 0.2) is 29.3 Å². The van der Waals surface area contributed by atoms with Crippen molar-refractivity contribution in [2.75, 3.05) is 31.6 Å². The van der Waals surface area contributed by atoms with Gasteiger partial charge in [0.25, 0.3) is 0 Å². The molecule has 6 nitrogen and oxygen atoms in total. The summed E-state index contributed by atoms with van der Waals surface area (Å²) < 4.78 is 5.35. The molecule has 0 saturated carbocycles. The van der Waals surface area contributed by atoms with Crippen LogP contribution in [0.4, 0.5) is 5.69 Å². The number of rotatable bonds is 12. The lowest BCUT2D eigenvalue weighted by Gasteiger charge is -2.12. The molecule has 0 aliphatic carbocycles. The molecule has 1 amide bonds. The maximum absolute atomic E-state index is 11.9. The predicted octanol–water partition coefficient (Wildman–Crippen LogP) is 4.16. The number of nitrogens with one attached hydrogen (secondary N) is 3. The van der Waals surface area contributed by atoms with E-state index < -0.39 is 0 Å². The number of hydrogen-bond acceptors (Lipinski definition) is 3. The van der Waals surface area contributed by atoms with E-state index in [1.165, 1.54) is 0 Å². The van der Waals surface area contributed by atoms with Gasteiger partial charge in [-0.25, -0.2) is 4.99 Å². The fraction of sp³-hybridized carbons (Fsp3) is 0.619. The molecule has 0 aliphatic heterocycles. The number of anilines is 1. The van der Waals surface area contributed by atoms with E-state index in [0.29, 0.717) is 18.9 Å². The van der Waals surface area contributed by atoms with Crippen LogP contribution in [0.2, 0.25) is 0 Å². The average molecular weight is 504 g/mol. The number of unbranched alkanes of at least 4 members (excludes halogenated alkanes) is 1. The lowest BCUT2D eigenvalue weighted by Crippen LogP contribution is -2.37. The van der Waals surface area contributed by atoms with Crippen molar-refractivity contribution in [3.8, 4) is 0 Å². The number of ether oxygens (including phenoxy) is 1. The van der Waals surface area contributed by atoms with Gasteiger partial charge in [0.15, 0.2) is 5.96 Å². The topological polar surface area (TPSA) is 74.8 Å². The molecule has 0 aliphatic rings. The summed E-state index contributed by atoms with van der Waals surface area (Å²) in [5.74, 6) is 1.20. The quantitative estimate of drug-likeness (QED) is 0.173. The molecule has 7 heteroatoms. The summed E-state index contributed by atoms with van der Waals surface area (Å²) in [4.78, 5) is 16.6. The Balaban J connectivity index is 0.00000729. The van der Waals surface area contributed by atoms with Gasteiger partial charge in [-0.05, 0) is 50.3 Å². The molecule has 28 heavy (non-hydrogen) atoms. The molecule has 3 N–H and O–H groups in total. The maximum atomic E-state index is 11.9. The third-order valence-electron chi connectivity index (χ3n) is 3.78. The SMILES string of the molecule is CCNC(=NCc1cccc(NC(=O)CC(C)C)c1)NCCCCOCC.I. The molecule has 0 saturated heterocycles. The summed E-state index contributed by atoms with van der Waals surface area (Å²) in [6, 6.07) is 7.86. The summed E-state index contributed by atoms with van der Waals surface area (Å²) in [5, 5.41) is 9.57. The van der Waals surface area contributed by atoms with Crippen LogP contribution < -0.4 is 16.0 Å². The van der Waals surface area contributed by atoms with Gasteiger partial charge >= 0.3 is 0 Å². The van der Waals surface area contributed by atoms with E-state index in [4.69, 9.17) is 4.74 Å². The highest BCUT2D eigenvalue weighted by molar-refractivity contribution is 14.0. The number of halogens is 1. The first-order chi connectivity index (χ1) is 13.0. The summed E-state index contributed by atoms with van der Waals surface area (Å²) >= 11 is 0. The van der Waals surface area contributed by atoms with Crippen LogP contribution in [0.25, 0.3) is 0 Å². The molecular formula is C21H37IN4O2. The molecule has 1 rings (SSSR count). The zero-order valence-electron chi connectivity index (χ0n) is 17.7. The Hall–Kier alpha value is -1.35. The summed E-state index contributed by atoms with van der Waals surface area (Å²) in [5.41, 5.74) is 1.88. The largest absolute Gasteiger partial charge is 0.382 e. The Kier molecular flexibility index (Phi) is 15.8. The minimum atomic E-state index is 0. The second-order valence-corrected chi connectivity index (χ2v) is 6.87. The van der Waals surface area contributed by atoms with Gasteiger partial charge in [0.1, 0.15) is 0 Å². The van der Waals surface area contributed by atoms with Gasteiger partial charge in [-0.2, -0.15) is 0 Å². The molecule has 0 unspecified atom stereocenters. The maximum Gasteiger partial charge on any atom is 0.224 e. The van der Waals surface area contributed by atoms with Gasteiger partial charge in [0.05, 0.1) is 6.54 Å². The van der Waals surface area contributed by atoms with Crippen LogP contribution in [-0.2, 0) is 16.1 Å². The van der Waals surface area contributed by atoms with E-state index in [-0.39, 0.29) is 29.9 Å². The highest BCUT2D eigenvalue weighted by Gasteiger charge is 2.05. The van der Waals surface area contributed by atoms with Gasteiger partial charge in [-0.1, -0.05) is 26.0 Å². The fourth-order valence-electron chi connectivity index (χ4n) is 2.52. The Morgan fingerprint density at radius 1 is 1.18 bits per heavy atom. The summed E-state index contributed by atoms with van der Waals surface area (Å²) in [6.07, 6.45) is 2.61. The molecule has 160 valence electrons. The molecule has 0 fully saturated rings. The summed E-state index contributed by atoms with van der Waals surface area (Å²) in [7, 11) is 0. The Morgan fingerprint density at radius 2 is 1.96 bits per heavy atom. The highest BCUT2D eigenvalue weighted by Crippen LogP contribution is 2.13. The number of guanidine groups is 1. The number of carbonyl (C=O) groups is 1. The van der Waals surface area contributed by atoms with Gasteiger partial charge in [0, 0.05) is 38.4 Å². The van der Waals surface area contributed by atoms with E-state index in [2.05, 4.69) is 27.9 Å². The standard InChI is InChI=1S/C21H36N4O2.HI/c1-5-22-21(23-12-7-8-13-27-6-2)24-16-18-10-9-11-19(15-18)25-20(26)14-17(3)4;/h9-11,15,17H,5-8,12-14,16H2,1-4H3,(H,25,26)(H2,22,23,24);1H. The first-order valence-corrected chi connectivity index (χ1v) is 10.0. The molecule has 0 atom stereocenters. The molecular weight excluding hydrogens is 467 g/mol. The van der Waals surface area contributed by atoms with Crippen LogP contribution in [0, 0.1) is 5.92 Å². The van der Waals surface area contributed by atoms with Gasteiger partial charge in [0.2, 0.25) is 5.91 Å². The molecule has 1 aromatic carbocycles. The van der Waals surface area contributed by atoms with Crippen molar-refractivity contribution in [2.24, 2.45) is 10.9 Å². The zero-order chi connectivity index (χ0) is 19.9. The molecule has 0 radical (unpaired) electrons. The number of benzene rings is 1. The molecule has 0 spiro atoms. The van der Waals surface area contributed by atoms with Crippen molar-refractivity contribution in [3.05, 3.63) is 29.8 Å². The predicted molar refractivity (Wildman–Crippen MR) is 128 cm³/mol. The van der Waals surface area contributed by atoms with E-state index in [1.807, 2.05) is 45.0 Å². The average Bonchev–Trinajstić information content (AvgIpc) is 2.62. The molecule has 1 aromatic rings.